The van der Waals surface area contributed by atoms with Crippen molar-refractivity contribution in [2.75, 3.05) is 11.5 Å². The molecule has 0 bridgehead atoms. The summed E-state index contributed by atoms with van der Waals surface area (Å²) in [5.74, 6) is -0.144. The van der Waals surface area contributed by atoms with Gasteiger partial charge in [-0.05, 0) is 41.8 Å². The highest BCUT2D eigenvalue weighted by Gasteiger charge is 2.11. The lowest BCUT2D eigenvalue weighted by Crippen LogP contribution is -2.04. The van der Waals surface area contributed by atoms with Crippen LogP contribution in [0, 0.1) is 0 Å². The Morgan fingerprint density at radius 2 is 1.39 bits per heavy atom. The molecule has 4 N–H and O–H groups in total. The van der Waals surface area contributed by atoms with Gasteiger partial charge in [-0.25, -0.2) is 0 Å². The summed E-state index contributed by atoms with van der Waals surface area (Å²) in [6.07, 6.45) is 1.65. The topological polar surface area (TPSA) is 69.1 Å². The number of nitrogens with two attached hydrogens (primary N) is 2. The fraction of sp³-hybridized carbons (Fsp3) is 0.133. The highest BCUT2D eigenvalue weighted by molar-refractivity contribution is 5.63. The zero-order valence-corrected chi connectivity index (χ0v) is 10.0. The Hall–Kier alpha value is -2.29. The van der Waals surface area contributed by atoms with Crippen LogP contribution < -0.4 is 11.5 Å². The van der Waals surface area contributed by atoms with Gasteiger partial charge in [0.1, 0.15) is 6.29 Å². The summed E-state index contributed by atoms with van der Waals surface area (Å²) >= 11 is 0. The number of benzene rings is 2. The van der Waals surface area contributed by atoms with Crippen LogP contribution in [-0.4, -0.2) is 6.29 Å². The number of hydrogen-bond acceptors (Lipinski definition) is 3. The second-order valence-electron chi connectivity index (χ2n) is 4.35. The average Bonchev–Trinajstić information content (AvgIpc) is 2.39. The monoisotopic (exact) mass is 240 g/mol. The first-order chi connectivity index (χ1) is 8.69. The molecule has 3 heteroatoms. The molecular formula is C15H16N2O. The number of nitrogen functional groups attached to an aromatic ring is 2. The summed E-state index contributed by atoms with van der Waals surface area (Å²) in [5.41, 5.74) is 14.8. The molecule has 2 rings (SSSR count). The largest absolute Gasteiger partial charge is 0.399 e. The summed E-state index contributed by atoms with van der Waals surface area (Å²) < 4.78 is 0. The Morgan fingerprint density at radius 3 is 1.89 bits per heavy atom. The third-order valence-corrected chi connectivity index (χ3v) is 2.96. The van der Waals surface area contributed by atoms with Crippen molar-refractivity contribution >= 4 is 17.7 Å². The molecule has 1 unspecified atom stereocenters. The Morgan fingerprint density at radius 1 is 0.889 bits per heavy atom. The highest BCUT2D eigenvalue weighted by Crippen LogP contribution is 2.20. The van der Waals surface area contributed by atoms with E-state index in [2.05, 4.69) is 0 Å². The van der Waals surface area contributed by atoms with E-state index in [1.54, 1.807) is 0 Å². The van der Waals surface area contributed by atoms with Gasteiger partial charge in [-0.2, -0.15) is 0 Å². The number of carbonyl (C=O) groups is 1. The van der Waals surface area contributed by atoms with Gasteiger partial charge < -0.3 is 16.3 Å². The Labute approximate surface area is 106 Å². The molecule has 2 aromatic rings. The van der Waals surface area contributed by atoms with Crippen LogP contribution in [0.1, 0.15) is 17.0 Å². The van der Waals surface area contributed by atoms with Gasteiger partial charge in [0.05, 0.1) is 0 Å². The zero-order valence-electron chi connectivity index (χ0n) is 10.0. The van der Waals surface area contributed by atoms with E-state index >= 15 is 0 Å². The third-order valence-electron chi connectivity index (χ3n) is 2.96. The molecule has 0 heterocycles. The predicted molar refractivity (Wildman–Crippen MR) is 74.2 cm³/mol. The second kappa shape index (κ2) is 5.36. The predicted octanol–water partition coefficient (Wildman–Crippen LogP) is 2.38. The van der Waals surface area contributed by atoms with Crippen LogP contribution >= 0.6 is 0 Å². The second-order valence-corrected chi connectivity index (χ2v) is 4.35. The van der Waals surface area contributed by atoms with Crippen molar-refractivity contribution < 1.29 is 4.79 Å². The van der Waals surface area contributed by atoms with E-state index in [0.29, 0.717) is 12.1 Å². The minimum Gasteiger partial charge on any atom is -0.399 e. The maximum absolute atomic E-state index is 11.2. The van der Waals surface area contributed by atoms with E-state index in [4.69, 9.17) is 11.5 Å². The lowest BCUT2D eigenvalue weighted by atomic mass is 9.93. The van der Waals surface area contributed by atoms with E-state index in [1.807, 2.05) is 48.5 Å². The van der Waals surface area contributed by atoms with Crippen molar-refractivity contribution in [1.82, 2.24) is 0 Å². The molecule has 0 amide bonds. The fourth-order valence-electron chi connectivity index (χ4n) is 1.90. The number of carbonyl (C=O) groups excluding carboxylic acids is 1. The minimum absolute atomic E-state index is 0.144. The number of anilines is 2. The van der Waals surface area contributed by atoms with Gasteiger partial charge in [0.15, 0.2) is 0 Å². The Balaban J connectivity index is 2.16. The van der Waals surface area contributed by atoms with Crippen LogP contribution in [-0.2, 0) is 11.2 Å². The molecule has 0 aliphatic rings. The molecule has 0 saturated heterocycles. The van der Waals surface area contributed by atoms with Gasteiger partial charge >= 0.3 is 0 Å². The van der Waals surface area contributed by atoms with Crippen molar-refractivity contribution in [2.45, 2.75) is 12.3 Å². The van der Waals surface area contributed by atoms with Gasteiger partial charge in [-0.3, -0.25) is 0 Å². The Bertz CT molecular complexity index is 517. The van der Waals surface area contributed by atoms with Gasteiger partial charge in [-0.1, -0.05) is 24.3 Å². The first-order valence-electron chi connectivity index (χ1n) is 5.84. The van der Waals surface area contributed by atoms with E-state index in [-0.39, 0.29) is 5.92 Å². The van der Waals surface area contributed by atoms with Crippen molar-refractivity contribution in [2.24, 2.45) is 0 Å². The van der Waals surface area contributed by atoms with Gasteiger partial charge in [0.2, 0.25) is 0 Å². The lowest BCUT2D eigenvalue weighted by molar-refractivity contribution is -0.109. The summed E-state index contributed by atoms with van der Waals surface area (Å²) in [6, 6.07) is 15.0. The molecule has 18 heavy (non-hydrogen) atoms. The summed E-state index contributed by atoms with van der Waals surface area (Å²) in [5, 5.41) is 0. The van der Waals surface area contributed by atoms with Crippen molar-refractivity contribution in [3.05, 3.63) is 59.7 Å². The van der Waals surface area contributed by atoms with E-state index < -0.39 is 0 Å². The average molecular weight is 240 g/mol. The molecule has 0 fully saturated rings. The van der Waals surface area contributed by atoms with Crippen LogP contribution in [0.25, 0.3) is 0 Å². The zero-order chi connectivity index (χ0) is 13.0. The Kier molecular flexibility index (Phi) is 3.63. The van der Waals surface area contributed by atoms with E-state index in [9.17, 15) is 4.79 Å². The SMILES string of the molecule is Nc1ccc(CC(C=O)c2ccc(N)cc2)cc1. The molecule has 0 radical (unpaired) electrons. The fourth-order valence-corrected chi connectivity index (χ4v) is 1.90. The number of rotatable bonds is 4. The smallest absolute Gasteiger partial charge is 0.127 e. The molecule has 0 saturated carbocycles. The van der Waals surface area contributed by atoms with Crippen LogP contribution in [0.4, 0.5) is 11.4 Å². The summed E-state index contributed by atoms with van der Waals surface area (Å²) in [6.45, 7) is 0. The van der Waals surface area contributed by atoms with Gasteiger partial charge in [0.25, 0.3) is 0 Å². The molecule has 2 aromatic carbocycles. The minimum atomic E-state index is -0.144. The molecule has 0 aliphatic carbocycles. The highest BCUT2D eigenvalue weighted by atomic mass is 16.1. The van der Waals surface area contributed by atoms with Crippen LogP contribution in [0.5, 0.6) is 0 Å². The quantitative estimate of drug-likeness (QED) is 0.636. The summed E-state index contributed by atoms with van der Waals surface area (Å²) in [7, 11) is 0. The van der Waals surface area contributed by atoms with Crippen molar-refractivity contribution in [3.63, 3.8) is 0 Å². The van der Waals surface area contributed by atoms with Crippen molar-refractivity contribution in [3.8, 4) is 0 Å². The van der Waals surface area contributed by atoms with Crippen LogP contribution in [0.2, 0.25) is 0 Å². The number of aldehydes is 1. The molecule has 0 aromatic heterocycles. The van der Waals surface area contributed by atoms with Gasteiger partial charge in [0, 0.05) is 17.3 Å². The molecule has 92 valence electrons. The molecule has 3 nitrogen and oxygen atoms in total. The van der Waals surface area contributed by atoms with Crippen LogP contribution in [0.3, 0.4) is 0 Å². The first-order valence-corrected chi connectivity index (χ1v) is 5.84. The normalized spacial score (nSPS) is 12.0. The summed E-state index contributed by atoms with van der Waals surface area (Å²) in [4.78, 5) is 11.2. The maximum atomic E-state index is 11.2. The molecular weight excluding hydrogens is 224 g/mol. The lowest BCUT2D eigenvalue weighted by Gasteiger charge is -2.11. The van der Waals surface area contributed by atoms with Crippen LogP contribution in [0.15, 0.2) is 48.5 Å². The van der Waals surface area contributed by atoms with Crippen molar-refractivity contribution in [1.29, 1.82) is 0 Å². The third kappa shape index (κ3) is 2.88. The van der Waals surface area contributed by atoms with Gasteiger partial charge in [-0.15, -0.1) is 0 Å². The molecule has 0 aliphatic heterocycles. The van der Waals surface area contributed by atoms with E-state index in [0.717, 1.165) is 23.1 Å². The first kappa shape index (κ1) is 12.2. The number of hydrogen-bond donors (Lipinski definition) is 2. The molecule has 0 spiro atoms. The maximum Gasteiger partial charge on any atom is 0.127 e. The standard InChI is InChI=1S/C15H16N2O/c16-14-5-1-11(2-6-14)9-13(10-18)12-3-7-15(17)8-4-12/h1-8,10,13H,9,16-17H2. The van der Waals surface area contributed by atoms with E-state index in [1.165, 1.54) is 0 Å². The molecule has 1 atom stereocenters.